The van der Waals surface area contributed by atoms with Crippen molar-refractivity contribution in [3.63, 3.8) is 0 Å². The van der Waals surface area contributed by atoms with Crippen LogP contribution in [0.4, 0.5) is 0 Å². The third kappa shape index (κ3) is 2.23. The van der Waals surface area contributed by atoms with Crippen LogP contribution in [0.3, 0.4) is 0 Å². The SMILES string of the molecule is COc1ccc2[nH]c(C)c(C3CCN(C)CC3)c2c1. The molecule has 2 aromatic rings. The molecule has 3 nitrogen and oxygen atoms in total. The van der Waals surface area contributed by atoms with Gasteiger partial charge in [-0.25, -0.2) is 0 Å². The lowest BCUT2D eigenvalue weighted by Crippen LogP contribution is -2.29. The van der Waals surface area contributed by atoms with E-state index in [2.05, 4.69) is 36.0 Å². The lowest BCUT2D eigenvalue weighted by molar-refractivity contribution is 0.255. The Kier molecular flexibility index (Phi) is 3.23. The van der Waals surface area contributed by atoms with Gasteiger partial charge >= 0.3 is 0 Å². The molecule has 1 aromatic heterocycles. The number of nitrogens with one attached hydrogen (secondary N) is 1. The number of hydrogen-bond donors (Lipinski definition) is 1. The van der Waals surface area contributed by atoms with Crippen LogP contribution in [0.25, 0.3) is 10.9 Å². The average molecular weight is 258 g/mol. The van der Waals surface area contributed by atoms with E-state index in [4.69, 9.17) is 4.74 Å². The summed E-state index contributed by atoms with van der Waals surface area (Å²) in [5.74, 6) is 1.62. The quantitative estimate of drug-likeness (QED) is 0.895. The average Bonchev–Trinajstić information content (AvgIpc) is 2.75. The summed E-state index contributed by atoms with van der Waals surface area (Å²) in [5, 5.41) is 1.34. The molecule has 1 fully saturated rings. The van der Waals surface area contributed by atoms with Crippen molar-refractivity contribution in [2.24, 2.45) is 0 Å². The zero-order valence-corrected chi connectivity index (χ0v) is 12.0. The molecule has 19 heavy (non-hydrogen) atoms. The van der Waals surface area contributed by atoms with Gasteiger partial charge in [0.1, 0.15) is 5.75 Å². The number of aryl methyl sites for hydroxylation is 1. The Morgan fingerprint density at radius 1 is 1.26 bits per heavy atom. The molecule has 102 valence electrons. The number of rotatable bonds is 2. The van der Waals surface area contributed by atoms with Gasteiger partial charge in [0, 0.05) is 16.6 Å². The molecule has 0 saturated carbocycles. The van der Waals surface area contributed by atoms with Crippen LogP contribution in [0.2, 0.25) is 0 Å². The van der Waals surface area contributed by atoms with E-state index >= 15 is 0 Å². The first kappa shape index (κ1) is 12.5. The molecular formula is C16H22N2O. The van der Waals surface area contributed by atoms with Crippen molar-refractivity contribution < 1.29 is 4.74 Å². The van der Waals surface area contributed by atoms with Gasteiger partial charge < -0.3 is 14.6 Å². The molecule has 3 heteroatoms. The minimum Gasteiger partial charge on any atom is -0.497 e. The number of aromatic nitrogens is 1. The molecule has 1 aromatic carbocycles. The number of nitrogens with zero attached hydrogens (tertiary/aromatic N) is 1. The fourth-order valence-corrected chi connectivity index (χ4v) is 3.28. The molecule has 0 bridgehead atoms. The van der Waals surface area contributed by atoms with Crippen molar-refractivity contribution in [3.05, 3.63) is 29.5 Å². The van der Waals surface area contributed by atoms with Crippen molar-refractivity contribution in [1.29, 1.82) is 0 Å². The van der Waals surface area contributed by atoms with Gasteiger partial charge in [0.2, 0.25) is 0 Å². The van der Waals surface area contributed by atoms with Crippen molar-refractivity contribution in [3.8, 4) is 5.75 Å². The van der Waals surface area contributed by atoms with Crippen LogP contribution in [0.5, 0.6) is 5.75 Å². The summed E-state index contributed by atoms with van der Waals surface area (Å²) < 4.78 is 5.37. The Balaban J connectivity index is 2.04. The maximum absolute atomic E-state index is 5.37. The highest BCUT2D eigenvalue weighted by Crippen LogP contribution is 2.36. The van der Waals surface area contributed by atoms with Gasteiger partial charge in [-0.3, -0.25) is 0 Å². The van der Waals surface area contributed by atoms with E-state index in [1.807, 2.05) is 6.07 Å². The third-order valence-corrected chi connectivity index (χ3v) is 4.37. The van der Waals surface area contributed by atoms with Crippen LogP contribution in [0.15, 0.2) is 18.2 Å². The summed E-state index contributed by atoms with van der Waals surface area (Å²) in [6.07, 6.45) is 2.50. The van der Waals surface area contributed by atoms with E-state index in [-0.39, 0.29) is 0 Å². The molecule has 0 amide bonds. The van der Waals surface area contributed by atoms with Crippen LogP contribution >= 0.6 is 0 Å². The van der Waals surface area contributed by atoms with Crippen LogP contribution in [-0.4, -0.2) is 37.1 Å². The summed E-state index contributed by atoms with van der Waals surface area (Å²) in [4.78, 5) is 5.94. The molecular weight excluding hydrogens is 236 g/mol. The van der Waals surface area contributed by atoms with E-state index in [1.165, 1.54) is 48.1 Å². The molecule has 2 heterocycles. The Bertz CT molecular complexity index is 580. The number of methoxy groups -OCH3 is 1. The Morgan fingerprint density at radius 2 is 2.00 bits per heavy atom. The summed E-state index contributed by atoms with van der Waals surface area (Å²) in [6, 6.07) is 6.32. The minimum atomic E-state index is 0.678. The zero-order chi connectivity index (χ0) is 13.4. The van der Waals surface area contributed by atoms with E-state index in [1.54, 1.807) is 7.11 Å². The standard InChI is InChI=1S/C16H22N2O/c1-11-16(12-6-8-18(2)9-7-12)14-10-13(19-3)4-5-15(14)17-11/h4-5,10,12,17H,6-9H2,1-3H3. The topological polar surface area (TPSA) is 28.3 Å². The van der Waals surface area contributed by atoms with Gasteiger partial charge in [-0.1, -0.05) is 0 Å². The highest BCUT2D eigenvalue weighted by atomic mass is 16.5. The largest absolute Gasteiger partial charge is 0.497 e. The molecule has 1 N–H and O–H groups in total. The third-order valence-electron chi connectivity index (χ3n) is 4.37. The lowest BCUT2D eigenvalue weighted by Gasteiger charge is -2.29. The Morgan fingerprint density at radius 3 is 2.68 bits per heavy atom. The van der Waals surface area contributed by atoms with E-state index in [0.717, 1.165) is 5.75 Å². The van der Waals surface area contributed by atoms with Gasteiger partial charge in [0.25, 0.3) is 0 Å². The summed E-state index contributed by atoms with van der Waals surface area (Å²) in [7, 11) is 3.94. The van der Waals surface area contributed by atoms with Crippen LogP contribution in [0, 0.1) is 6.92 Å². The molecule has 0 atom stereocenters. The highest BCUT2D eigenvalue weighted by molar-refractivity contribution is 5.86. The second kappa shape index (κ2) is 4.89. The molecule has 0 spiro atoms. The second-order valence-corrected chi connectivity index (χ2v) is 5.65. The van der Waals surface area contributed by atoms with Gasteiger partial charge in [0.05, 0.1) is 7.11 Å². The lowest BCUT2D eigenvalue weighted by atomic mass is 9.88. The van der Waals surface area contributed by atoms with Crippen molar-refractivity contribution in [2.45, 2.75) is 25.7 Å². The number of benzene rings is 1. The minimum absolute atomic E-state index is 0.678. The summed E-state index contributed by atoms with van der Waals surface area (Å²) in [6.45, 7) is 4.58. The number of ether oxygens (including phenoxy) is 1. The molecule has 0 unspecified atom stereocenters. The van der Waals surface area contributed by atoms with Crippen molar-refractivity contribution in [2.75, 3.05) is 27.2 Å². The zero-order valence-electron chi connectivity index (χ0n) is 12.0. The van der Waals surface area contributed by atoms with Crippen molar-refractivity contribution in [1.82, 2.24) is 9.88 Å². The molecule has 3 rings (SSSR count). The fourth-order valence-electron chi connectivity index (χ4n) is 3.28. The van der Waals surface area contributed by atoms with Gasteiger partial charge in [0.15, 0.2) is 0 Å². The normalized spacial score (nSPS) is 18.1. The van der Waals surface area contributed by atoms with Gasteiger partial charge in [-0.15, -0.1) is 0 Å². The van der Waals surface area contributed by atoms with E-state index < -0.39 is 0 Å². The summed E-state index contributed by atoms with van der Waals surface area (Å²) in [5.41, 5.74) is 4.05. The fraction of sp³-hybridized carbons (Fsp3) is 0.500. The maximum atomic E-state index is 5.37. The number of hydrogen-bond acceptors (Lipinski definition) is 2. The van der Waals surface area contributed by atoms with Gasteiger partial charge in [-0.05, 0) is 69.6 Å². The molecule has 1 aliphatic heterocycles. The number of H-pyrrole nitrogens is 1. The monoisotopic (exact) mass is 258 g/mol. The maximum Gasteiger partial charge on any atom is 0.119 e. The Hall–Kier alpha value is -1.48. The van der Waals surface area contributed by atoms with Crippen LogP contribution in [-0.2, 0) is 0 Å². The smallest absolute Gasteiger partial charge is 0.119 e. The predicted molar refractivity (Wildman–Crippen MR) is 79.1 cm³/mol. The first-order valence-corrected chi connectivity index (χ1v) is 7.04. The number of fused-ring (bicyclic) bond motifs is 1. The van der Waals surface area contributed by atoms with Crippen molar-refractivity contribution >= 4 is 10.9 Å². The number of aromatic amines is 1. The molecule has 0 radical (unpaired) electrons. The second-order valence-electron chi connectivity index (χ2n) is 5.65. The predicted octanol–water partition coefficient (Wildman–Crippen LogP) is 3.29. The van der Waals surface area contributed by atoms with Crippen LogP contribution < -0.4 is 4.74 Å². The summed E-state index contributed by atoms with van der Waals surface area (Å²) >= 11 is 0. The van der Waals surface area contributed by atoms with E-state index in [9.17, 15) is 0 Å². The number of likely N-dealkylation sites (tertiary alicyclic amines) is 1. The molecule has 0 aliphatic carbocycles. The van der Waals surface area contributed by atoms with E-state index in [0.29, 0.717) is 5.92 Å². The van der Waals surface area contributed by atoms with Crippen LogP contribution in [0.1, 0.15) is 30.0 Å². The first-order valence-electron chi connectivity index (χ1n) is 7.04. The van der Waals surface area contributed by atoms with Gasteiger partial charge in [-0.2, -0.15) is 0 Å². The first-order chi connectivity index (χ1) is 9.19. The molecule has 1 saturated heterocycles. The Labute approximate surface area is 114 Å². The molecule has 1 aliphatic rings. The number of piperidine rings is 1. The highest BCUT2D eigenvalue weighted by Gasteiger charge is 2.23.